The van der Waals surface area contributed by atoms with E-state index in [9.17, 15) is 9.18 Å². The van der Waals surface area contributed by atoms with Gasteiger partial charge in [0.25, 0.3) is 5.91 Å². The van der Waals surface area contributed by atoms with Gasteiger partial charge in [0.05, 0.1) is 5.56 Å². The number of amides is 1. The highest BCUT2D eigenvalue weighted by Crippen LogP contribution is 2.11. The molecule has 0 spiro atoms. The summed E-state index contributed by atoms with van der Waals surface area (Å²) in [6, 6.07) is 13.3. The van der Waals surface area contributed by atoms with E-state index in [0.717, 1.165) is 5.56 Å². The van der Waals surface area contributed by atoms with Crippen LogP contribution in [0.3, 0.4) is 0 Å². The number of hydrogen-bond donors (Lipinski definition) is 2. The predicted octanol–water partition coefficient (Wildman–Crippen LogP) is 0.778. The van der Waals surface area contributed by atoms with Gasteiger partial charge in [-0.15, -0.1) is 0 Å². The zero-order valence-corrected chi connectivity index (χ0v) is 11.5. The van der Waals surface area contributed by atoms with E-state index in [2.05, 4.69) is 0 Å². The summed E-state index contributed by atoms with van der Waals surface area (Å²) in [4.78, 5) is 13.6. The molecule has 2 N–H and O–H groups in total. The smallest absolute Gasteiger partial charge is 0.423 e. The van der Waals surface area contributed by atoms with Crippen molar-refractivity contribution in [1.29, 1.82) is 0 Å². The second-order valence-corrected chi connectivity index (χ2v) is 4.73. The summed E-state index contributed by atoms with van der Waals surface area (Å²) in [5.41, 5.74) is 0.431. The Hall–Kier alpha value is -2.18. The Bertz CT molecular complexity index is 634. The van der Waals surface area contributed by atoms with E-state index in [1.165, 1.54) is 23.1 Å². The van der Waals surface area contributed by atoms with Gasteiger partial charge in [0, 0.05) is 19.1 Å². The summed E-state index contributed by atoms with van der Waals surface area (Å²) in [6.07, 6.45) is 0. The average molecular weight is 287 g/mol. The molecule has 0 fully saturated rings. The fraction of sp³-hybridized carbons (Fsp3) is 0.133. The number of benzene rings is 2. The van der Waals surface area contributed by atoms with Crippen LogP contribution in [0.4, 0.5) is 4.39 Å². The predicted molar refractivity (Wildman–Crippen MR) is 78.5 cm³/mol. The first-order valence-electron chi connectivity index (χ1n) is 6.44. The molecule has 0 unspecified atom stereocenters. The minimum Gasteiger partial charge on any atom is -0.423 e. The Balaban J connectivity index is 2.22. The van der Waals surface area contributed by atoms with Crippen molar-refractivity contribution in [2.24, 2.45) is 0 Å². The van der Waals surface area contributed by atoms with Gasteiger partial charge in [-0.05, 0) is 11.6 Å². The third kappa shape index (κ3) is 3.48. The second kappa shape index (κ2) is 6.52. The Labute approximate surface area is 122 Å². The van der Waals surface area contributed by atoms with Gasteiger partial charge in [-0.25, -0.2) is 4.39 Å². The van der Waals surface area contributed by atoms with E-state index in [4.69, 9.17) is 10.0 Å². The highest BCUT2D eigenvalue weighted by molar-refractivity contribution is 6.58. The Morgan fingerprint density at radius 3 is 2.43 bits per heavy atom. The molecule has 0 radical (unpaired) electrons. The van der Waals surface area contributed by atoms with Crippen molar-refractivity contribution in [3.05, 3.63) is 65.5 Å². The summed E-state index contributed by atoms with van der Waals surface area (Å²) in [6.45, 7) is 0.338. The van der Waals surface area contributed by atoms with Crippen molar-refractivity contribution in [3.8, 4) is 0 Å². The van der Waals surface area contributed by atoms with Gasteiger partial charge >= 0.3 is 7.12 Å². The number of carbonyl (C=O) groups excluding carboxylic acids is 1. The maximum Gasteiger partial charge on any atom is 0.491 e. The molecule has 0 atom stereocenters. The lowest BCUT2D eigenvalue weighted by Crippen LogP contribution is -2.36. The molecule has 2 aromatic carbocycles. The van der Waals surface area contributed by atoms with E-state index in [-0.39, 0.29) is 11.0 Å². The van der Waals surface area contributed by atoms with E-state index in [1.807, 2.05) is 30.3 Å². The van der Waals surface area contributed by atoms with E-state index in [1.54, 1.807) is 7.05 Å². The SMILES string of the molecule is CN(Cc1ccccc1)C(=O)c1cccc(B(O)O)c1F. The van der Waals surface area contributed by atoms with Gasteiger partial charge in [0.1, 0.15) is 5.82 Å². The van der Waals surface area contributed by atoms with Crippen LogP contribution >= 0.6 is 0 Å². The monoisotopic (exact) mass is 287 g/mol. The highest BCUT2D eigenvalue weighted by atomic mass is 19.1. The van der Waals surface area contributed by atoms with Gasteiger partial charge in [0.15, 0.2) is 0 Å². The summed E-state index contributed by atoms with van der Waals surface area (Å²) in [7, 11) is -0.381. The number of hydrogen-bond acceptors (Lipinski definition) is 3. The minimum atomic E-state index is -1.95. The van der Waals surface area contributed by atoms with Crippen molar-refractivity contribution in [2.75, 3.05) is 7.05 Å². The molecule has 6 heteroatoms. The molecule has 21 heavy (non-hydrogen) atoms. The van der Waals surface area contributed by atoms with E-state index < -0.39 is 18.8 Å². The minimum absolute atomic E-state index is 0.181. The molecule has 0 bridgehead atoms. The molecular weight excluding hydrogens is 272 g/mol. The maximum atomic E-state index is 14.1. The van der Waals surface area contributed by atoms with Crippen molar-refractivity contribution in [1.82, 2.24) is 4.90 Å². The van der Waals surface area contributed by atoms with Crippen LogP contribution in [-0.2, 0) is 6.54 Å². The quantitative estimate of drug-likeness (QED) is 0.817. The molecule has 4 nitrogen and oxygen atoms in total. The van der Waals surface area contributed by atoms with E-state index >= 15 is 0 Å². The Kier molecular flexibility index (Phi) is 4.72. The molecule has 0 heterocycles. The lowest BCUT2D eigenvalue weighted by Gasteiger charge is -2.18. The van der Waals surface area contributed by atoms with Gasteiger partial charge in [0.2, 0.25) is 0 Å². The first-order valence-corrected chi connectivity index (χ1v) is 6.44. The van der Waals surface area contributed by atoms with Crippen LogP contribution in [0, 0.1) is 5.82 Å². The number of carbonyl (C=O) groups is 1. The zero-order valence-electron chi connectivity index (χ0n) is 11.5. The Morgan fingerprint density at radius 1 is 1.14 bits per heavy atom. The lowest BCUT2D eigenvalue weighted by molar-refractivity contribution is 0.0780. The molecule has 2 rings (SSSR count). The normalized spacial score (nSPS) is 10.3. The summed E-state index contributed by atoms with van der Waals surface area (Å²) in [5, 5.41) is 18.2. The molecule has 0 saturated carbocycles. The van der Waals surface area contributed by atoms with Crippen LogP contribution in [0.5, 0.6) is 0 Å². The second-order valence-electron chi connectivity index (χ2n) is 4.73. The Morgan fingerprint density at radius 2 is 1.81 bits per heavy atom. The highest BCUT2D eigenvalue weighted by Gasteiger charge is 2.23. The summed E-state index contributed by atoms with van der Waals surface area (Å²) >= 11 is 0. The van der Waals surface area contributed by atoms with Crippen molar-refractivity contribution >= 4 is 18.5 Å². The molecule has 1 amide bonds. The molecule has 0 aliphatic rings. The molecule has 108 valence electrons. The van der Waals surface area contributed by atoms with Gasteiger partial charge in [-0.1, -0.05) is 42.5 Å². The molecule has 2 aromatic rings. The van der Waals surface area contributed by atoms with Crippen LogP contribution in [0.25, 0.3) is 0 Å². The molecular formula is C15H15BFNO3. The first kappa shape index (κ1) is 15.2. The van der Waals surface area contributed by atoms with Crippen LogP contribution in [0.1, 0.15) is 15.9 Å². The molecule has 0 aromatic heterocycles. The first-order chi connectivity index (χ1) is 10.0. The van der Waals surface area contributed by atoms with Crippen LogP contribution < -0.4 is 5.46 Å². The third-order valence-electron chi connectivity index (χ3n) is 3.15. The molecule has 0 aliphatic carbocycles. The summed E-state index contributed by atoms with van der Waals surface area (Å²) in [5.74, 6) is -1.42. The van der Waals surface area contributed by atoms with Crippen LogP contribution in [0.15, 0.2) is 48.5 Å². The average Bonchev–Trinajstić information content (AvgIpc) is 2.47. The standard InChI is InChI=1S/C15H15BFNO3/c1-18(10-11-6-3-2-4-7-11)15(19)12-8-5-9-13(14(12)17)16(20)21/h2-9,20-21H,10H2,1H3. The summed E-state index contributed by atoms with van der Waals surface area (Å²) < 4.78 is 14.1. The largest absolute Gasteiger partial charge is 0.491 e. The molecule has 0 aliphatic heterocycles. The number of nitrogens with zero attached hydrogens (tertiary/aromatic N) is 1. The topological polar surface area (TPSA) is 60.8 Å². The van der Waals surface area contributed by atoms with Gasteiger partial charge in [-0.3, -0.25) is 4.79 Å². The fourth-order valence-electron chi connectivity index (χ4n) is 2.05. The third-order valence-corrected chi connectivity index (χ3v) is 3.15. The number of halogens is 1. The van der Waals surface area contributed by atoms with E-state index in [0.29, 0.717) is 6.54 Å². The van der Waals surface area contributed by atoms with Crippen LogP contribution in [-0.4, -0.2) is 35.0 Å². The molecule has 0 saturated heterocycles. The van der Waals surface area contributed by atoms with Gasteiger partial charge < -0.3 is 14.9 Å². The van der Waals surface area contributed by atoms with Gasteiger partial charge in [-0.2, -0.15) is 0 Å². The van der Waals surface area contributed by atoms with Crippen molar-refractivity contribution in [2.45, 2.75) is 6.54 Å². The zero-order chi connectivity index (χ0) is 15.4. The van der Waals surface area contributed by atoms with Crippen molar-refractivity contribution in [3.63, 3.8) is 0 Å². The fourth-order valence-corrected chi connectivity index (χ4v) is 2.05. The van der Waals surface area contributed by atoms with Crippen LogP contribution in [0.2, 0.25) is 0 Å². The van der Waals surface area contributed by atoms with Crippen molar-refractivity contribution < 1.29 is 19.2 Å². The lowest BCUT2D eigenvalue weighted by atomic mass is 9.79. The maximum absolute atomic E-state index is 14.1. The number of rotatable bonds is 4.